The van der Waals surface area contributed by atoms with Crippen molar-refractivity contribution in [2.75, 3.05) is 39.5 Å². The molecule has 1 amide bonds. The summed E-state index contributed by atoms with van der Waals surface area (Å²) in [4.78, 5) is 17.1. The maximum Gasteiger partial charge on any atom is 0.251 e. The summed E-state index contributed by atoms with van der Waals surface area (Å²) in [6.45, 7) is 13.4. The molecule has 1 aromatic carbocycles. The Balaban J connectivity index is 1.76. The molecule has 0 aliphatic carbocycles. The monoisotopic (exact) mass is 432 g/mol. The highest BCUT2D eigenvalue weighted by molar-refractivity contribution is 5.94. The van der Waals surface area contributed by atoms with Gasteiger partial charge in [-0.25, -0.2) is 4.99 Å². The second-order valence-corrected chi connectivity index (χ2v) is 9.01. The van der Waals surface area contributed by atoms with Crippen LogP contribution < -0.4 is 16.0 Å². The maximum atomic E-state index is 12.4. The van der Waals surface area contributed by atoms with E-state index in [-0.39, 0.29) is 11.4 Å². The van der Waals surface area contributed by atoms with Crippen LogP contribution >= 0.6 is 0 Å². The van der Waals surface area contributed by atoms with E-state index in [0.29, 0.717) is 18.0 Å². The molecule has 2 rings (SSSR count). The molecule has 1 aliphatic rings. The van der Waals surface area contributed by atoms with Gasteiger partial charge < -0.3 is 25.4 Å². The van der Waals surface area contributed by atoms with Crippen molar-refractivity contribution in [1.82, 2.24) is 16.0 Å². The van der Waals surface area contributed by atoms with Crippen molar-refractivity contribution in [1.29, 1.82) is 0 Å². The summed E-state index contributed by atoms with van der Waals surface area (Å²) in [5, 5.41) is 9.62. The number of nitrogens with one attached hydrogen (secondary N) is 3. The standard InChI is InChI=1S/C24H40N4O3/c1-5-25-23(26-12-7-13-31-18-19-10-14-30-15-11-19)27-17-20-8-6-9-21(16-20)22(29)28-24(2,3)4/h6,8-9,16,19H,5,7,10-15,17-18H2,1-4H3,(H,28,29)(H2,25,26,27). The third-order valence-corrected chi connectivity index (χ3v) is 4.89. The van der Waals surface area contributed by atoms with E-state index in [1.807, 2.05) is 52.0 Å². The van der Waals surface area contributed by atoms with Crippen molar-refractivity contribution in [3.05, 3.63) is 35.4 Å². The van der Waals surface area contributed by atoms with Crippen LogP contribution in [0.15, 0.2) is 29.3 Å². The summed E-state index contributed by atoms with van der Waals surface area (Å²) in [6, 6.07) is 7.63. The first-order valence-electron chi connectivity index (χ1n) is 11.5. The van der Waals surface area contributed by atoms with Gasteiger partial charge in [0, 0.05) is 50.6 Å². The van der Waals surface area contributed by atoms with Gasteiger partial charge in [0.1, 0.15) is 0 Å². The molecule has 174 valence electrons. The fraction of sp³-hybridized carbons (Fsp3) is 0.667. The summed E-state index contributed by atoms with van der Waals surface area (Å²) < 4.78 is 11.2. The van der Waals surface area contributed by atoms with Crippen LogP contribution in [0.1, 0.15) is 62.9 Å². The van der Waals surface area contributed by atoms with Gasteiger partial charge in [-0.05, 0) is 70.6 Å². The van der Waals surface area contributed by atoms with Crippen LogP contribution in [0, 0.1) is 5.92 Å². The van der Waals surface area contributed by atoms with Crippen molar-refractivity contribution in [3.63, 3.8) is 0 Å². The third kappa shape index (κ3) is 10.6. The topological polar surface area (TPSA) is 84.0 Å². The fourth-order valence-corrected chi connectivity index (χ4v) is 3.28. The average molecular weight is 433 g/mol. The quantitative estimate of drug-likeness (QED) is 0.301. The molecule has 0 bridgehead atoms. The number of amides is 1. The second-order valence-electron chi connectivity index (χ2n) is 9.01. The first-order valence-corrected chi connectivity index (χ1v) is 11.5. The van der Waals surface area contributed by atoms with E-state index in [4.69, 9.17) is 9.47 Å². The number of benzene rings is 1. The zero-order valence-electron chi connectivity index (χ0n) is 19.6. The fourth-order valence-electron chi connectivity index (χ4n) is 3.28. The Bertz CT molecular complexity index is 694. The maximum absolute atomic E-state index is 12.4. The Morgan fingerprint density at radius 2 is 2.00 bits per heavy atom. The minimum absolute atomic E-state index is 0.0656. The van der Waals surface area contributed by atoms with Crippen LogP contribution in [-0.2, 0) is 16.0 Å². The van der Waals surface area contributed by atoms with Crippen molar-refractivity contribution >= 4 is 11.9 Å². The van der Waals surface area contributed by atoms with Crippen LogP contribution in [0.3, 0.4) is 0 Å². The molecule has 3 N–H and O–H groups in total. The van der Waals surface area contributed by atoms with Gasteiger partial charge in [0.15, 0.2) is 5.96 Å². The molecule has 0 aromatic heterocycles. The highest BCUT2D eigenvalue weighted by Crippen LogP contribution is 2.14. The van der Waals surface area contributed by atoms with Gasteiger partial charge in [0.2, 0.25) is 0 Å². The van der Waals surface area contributed by atoms with Gasteiger partial charge in [-0.3, -0.25) is 4.79 Å². The summed E-state index contributed by atoms with van der Waals surface area (Å²) in [5.74, 6) is 1.35. The zero-order valence-corrected chi connectivity index (χ0v) is 19.6. The molecule has 7 heteroatoms. The molecule has 7 nitrogen and oxygen atoms in total. The van der Waals surface area contributed by atoms with Gasteiger partial charge in [0.25, 0.3) is 5.91 Å². The molecule has 0 saturated carbocycles. The van der Waals surface area contributed by atoms with E-state index in [0.717, 1.165) is 70.3 Å². The molecule has 0 atom stereocenters. The number of rotatable bonds is 10. The van der Waals surface area contributed by atoms with E-state index in [9.17, 15) is 4.79 Å². The van der Waals surface area contributed by atoms with Crippen molar-refractivity contribution in [3.8, 4) is 0 Å². The number of nitrogens with zero attached hydrogens (tertiary/aromatic N) is 1. The van der Waals surface area contributed by atoms with Crippen molar-refractivity contribution < 1.29 is 14.3 Å². The van der Waals surface area contributed by atoms with E-state index < -0.39 is 0 Å². The Labute approximate surface area is 187 Å². The van der Waals surface area contributed by atoms with E-state index in [1.54, 1.807) is 0 Å². The number of ether oxygens (including phenoxy) is 2. The largest absolute Gasteiger partial charge is 0.381 e. The van der Waals surface area contributed by atoms with Crippen molar-refractivity contribution in [2.24, 2.45) is 10.9 Å². The number of hydrogen-bond donors (Lipinski definition) is 3. The Kier molecular flexibility index (Phi) is 10.8. The lowest BCUT2D eigenvalue weighted by molar-refractivity contribution is 0.0203. The highest BCUT2D eigenvalue weighted by Gasteiger charge is 2.15. The second kappa shape index (κ2) is 13.3. The molecule has 0 spiro atoms. The van der Waals surface area contributed by atoms with Gasteiger partial charge in [0.05, 0.1) is 6.54 Å². The minimum Gasteiger partial charge on any atom is -0.381 e. The smallest absolute Gasteiger partial charge is 0.251 e. The van der Waals surface area contributed by atoms with Crippen LogP contribution in [-0.4, -0.2) is 56.9 Å². The van der Waals surface area contributed by atoms with Gasteiger partial charge in [-0.2, -0.15) is 0 Å². The number of guanidine groups is 1. The Morgan fingerprint density at radius 3 is 2.71 bits per heavy atom. The Morgan fingerprint density at radius 1 is 1.23 bits per heavy atom. The number of carbonyl (C=O) groups is 1. The predicted octanol–water partition coefficient (Wildman–Crippen LogP) is 3.10. The van der Waals surface area contributed by atoms with Crippen molar-refractivity contribution in [2.45, 2.75) is 59.0 Å². The first-order chi connectivity index (χ1) is 14.9. The van der Waals surface area contributed by atoms with Gasteiger partial charge in [-0.1, -0.05) is 12.1 Å². The molecule has 1 fully saturated rings. The lowest BCUT2D eigenvalue weighted by atomic mass is 10.0. The summed E-state index contributed by atoms with van der Waals surface area (Å²) in [5.41, 5.74) is 1.39. The third-order valence-electron chi connectivity index (χ3n) is 4.89. The zero-order chi connectivity index (χ0) is 22.5. The van der Waals surface area contributed by atoms with Gasteiger partial charge in [-0.15, -0.1) is 0 Å². The average Bonchev–Trinajstić information content (AvgIpc) is 2.74. The first kappa shape index (κ1) is 25.1. The molecule has 1 aliphatic heterocycles. The number of carbonyl (C=O) groups excluding carboxylic acids is 1. The molecule has 1 saturated heterocycles. The normalized spacial score (nSPS) is 15.5. The highest BCUT2D eigenvalue weighted by atomic mass is 16.5. The van der Waals surface area contributed by atoms with E-state index in [2.05, 4.69) is 20.9 Å². The predicted molar refractivity (Wildman–Crippen MR) is 125 cm³/mol. The summed E-state index contributed by atoms with van der Waals surface area (Å²) in [7, 11) is 0. The summed E-state index contributed by atoms with van der Waals surface area (Å²) >= 11 is 0. The Hall–Kier alpha value is -2.12. The van der Waals surface area contributed by atoms with Crippen LogP contribution in [0.2, 0.25) is 0 Å². The molecule has 31 heavy (non-hydrogen) atoms. The lowest BCUT2D eigenvalue weighted by Gasteiger charge is -2.21. The number of aliphatic imine (C=N–C) groups is 1. The number of hydrogen-bond acceptors (Lipinski definition) is 4. The van der Waals surface area contributed by atoms with E-state index >= 15 is 0 Å². The SMILES string of the molecule is CCNC(=NCc1cccc(C(=O)NC(C)(C)C)c1)NCCCOCC1CCOCC1. The minimum atomic E-state index is -0.262. The van der Waals surface area contributed by atoms with Crippen LogP contribution in [0.4, 0.5) is 0 Å². The molecular weight excluding hydrogens is 392 g/mol. The molecule has 0 radical (unpaired) electrons. The molecule has 1 aromatic rings. The molecule has 1 heterocycles. The van der Waals surface area contributed by atoms with Crippen LogP contribution in [0.5, 0.6) is 0 Å². The molecule has 0 unspecified atom stereocenters. The van der Waals surface area contributed by atoms with Gasteiger partial charge >= 0.3 is 0 Å². The summed E-state index contributed by atoms with van der Waals surface area (Å²) in [6.07, 6.45) is 3.14. The van der Waals surface area contributed by atoms with Crippen LogP contribution in [0.25, 0.3) is 0 Å². The van der Waals surface area contributed by atoms with E-state index in [1.165, 1.54) is 0 Å². The molecular formula is C24H40N4O3. The lowest BCUT2D eigenvalue weighted by Crippen LogP contribution is -2.40.